The van der Waals surface area contributed by atoms with Gasteiger partial charge in [0.2, 0.25) is 0 Å². The van der Waals surface area contributed by atoms with Crippen LogP contribution in [-0.4, -0.2) is 20.0 Å². The van der Waals surface area contributed by atoms with Crippen molar-refractivity contribution in [3.63, 3.8) is 0 Å². The van der Waals surface area contributed by atoms with Crippen LogP contribution < -0.4 is 21.2 Å². The number of fused-ring (bicyclic) bond motifs is 1. The van der Waals surface area contributed by atoms with E-state index in [-0.39, 0.29) is 11.5 Å². The van der Waals surface area contributed by atoms with Gasteiger partial charge in [0.05, 0.1) is 0 Å². The smallest absolute Gasteiger partial charge is 0.336 e. The first kappa shape index (κ1) is 21.2. The van der Waals surface area contributed by atoms with Crippen molar-refractivity contribution >= 4 is 39.6 Å². The maximum Gasteiger partial charge on any atom is 0.336 e. The molecule has 3 aromatic carbocycles. The molecule has 32 heavy (non-hydrogen) atoms. The van der Waals surface area contributed by atoms with Crippen LogP contribution in [0.2, 0.25) is 0 Å². The molecule has 6 nitrogen and oxygen atoms in total. The van der Waals surface area contributed by atoms with E-state index >= 15 is 0 Å². The monoisotopic (exact) mass is 427 g/mol. The third-order valence-electron chi connectivity index (χ3n) is 5.35. The van der Waals surface area contributed by atoms with E-state index < -0.39 is 0 Å². The second kappa shape index (κ2) is 8.59. The van der Waals surface area contributed by atoms with Crippen molar-refractivity contribution in [2.75, 3.05) is 29.6 Å². The highest BCUT2D eigenvalue weighted by Gasteiger charge is 2.10. The summed E-state index contributed by atoms with van der Waals surface area (Å²) in [6.07, 6.45) is 0. The zero-order valence-corrected chi connectivity index (χ0v) is 18.5. The highest BCUT2D eigenvalue weighted by Crippen LogP contribution is 2.27. The molecule has 0 fully saturated rings. The molecule has 0 saturated heterocycles. The molecular weight excluding hydrogens is 402 g/mol. The Balaban J connectivity index is 1.58. The fourth-order valence-electron chi connectivity index (χ4n) is 3.52. The lowest BCUT2D eigenvalue weighted by molar-refractivity contribution is 0.102. The Kier molecular flexibility index (Phi) is 5.69. The van der Waals surface area contributed by atoms with E-state index in [1.54, 1.807) is 12.1 Å². The van der Waals surface area contributed by atoms with E-state index in [0.29, 0.717) is 16.8 Å². The van der Waals surface area contributed by atoms with E-state index in [2.05, 4.69) is 10.6 Å². The lowest BCUT2D eigenvalue weighted by atomic mass is 10.1. The normalized spacial score (nSPS) is 10.8. The van der Waals surface area contributed by atoms with E-state index in [4.69, 9.17) is 4.42 Å². The first-order valence-electron chi connectivity index (χ1n) is 10.3. The molecule has 0 bridgehead atoms. The summed E-state index contributed by atoms with van der Waals surface area (Å²) in [5, 5.41) is 7.22. The van der Waals surface area contributed by atoms with Gasteiger partial charge in [-0.25, -0.2) is 4.79 Å². The van der Waals surface area contributed by atoms with Gasteiger partial charge in [0.25, 0.3) is 5.91 Å². The molecule has 6 heteroatoms. The first-order valence-corrected chi connectivity index (χ1v) is 10.3. The lowest BCUT2D eigenvalue weighted by Gasteiger charge is -2.15. The van der Waals surface area contributed by atoms with Crippen LogP contribution >= 0.6 is 0 Å². The van der Waals surface area contributed by atoms with Crippen LogP contribution in [-0.2, 0) is 0 Å². The summed E-state index contributed by atoms with van der Waals surface area (Å²) in [4.78, 5) is 26.4. The number of nitrogens with zero attached hydrogens (tertiary/aromatic N) is 1. The molecule has 4 aromatic rings. The number of aryl methyl sites for hydroxylation is 2. The number of hydrogen-bond acceptors (Lipinski definition) is 5. The van der Waals surface area contributed by atoms with Crippen molar-refractivity contribution in [3.8, 4) is 0 Å². The third-order valence-corrected chi connectivity index (χ3v) is 5.35. The summed E-state index contributed by atoms with van der Waals surface area (Å²) < 4.78 is 5.35. The summed E-state index contributed by atoms with van der Waals surface area (Å²) in [7, 11) is 3.88. The molecule has 0 aliphatic heterocycles. The van der Waals surface area contributed by atoms with Crippen LogP contribution in [0.25, 0.3) is 11.0 Å². The van der Waals surface area contributed by atoms with Crippen LogP contribution in [0.15, 0.2) is 75.9 Å². The van der Waals surface area contributed by atoms with Gasteiger partial charge in [-0.3, -0.25) is 4.79 Å². The van der Waals surface area contributed by atoms with Crippen molar-refractivity contribution in [3.05, 3.63) is 93.8 Å². The predicted octanol–water partition coefficient (Wildman–Crippen LogP) is 5.47. The molecular formula is C26H25N3O3. The van der Waals surface area contributed by atoms with Gasteiger partial charge in [0.15, 0.2) is 0 Å². The van der Waals surface area contributed by atoms with E-state index in [1.165, 1.54) is 6.07 Å². The van der Waals surface area contributed by atoms with E-state index in [0.717, 1.165) is 33.6 Å². The van der Waals surface area contributed by atoms with Gasteiger partial charge in [-0.05, 0) is 67.4 Å². The number of hydrogen-bond donors (Lipinski definition) is 2. The fraction of sp³-hybridized carbons (Fsp3) is 0.154. The summed E-state index contributed by atoms with van der Waals surface area (Å²) in [6.45, 7) is 3.87. The number of nitrogens with one attached hydrogen (secondary N) is 2. The van der Waals surface area contributed by atoms with Gasteiger partial charge in [-0.15, -0.1) is 0 Å². The molecule has 4 rings (SSSR count). The Morgan fingerprint density at radius 3 is 2.44 bits per heavy atom. The molecule has 0 saturated carbocycles. The fourth-order valence-corrected chi connectivity index (χ4v) is 3.52. The van der Waals surface area contributed by atoms with E-state index in [9.17, 15) is 9.59 Å². The second-order valence-electron chi connectivity index (χ2n) is 8.01. The molecule has 0 radical (unpaired) electrons. The van der Waals surface area contributed by atoms with Crippen molar-refractivity contribution in [1.29, 1.82) is 0 Å². The Bertz CT molecular complexity index is 1370. The number of benzene rings is 3. The van der Waals surface area contributed by atoms with Gasteiger partial charge in [-0.1, -0.05) is 12.1 Å². The predicted molar refractivity (Wildman–Crippen MR) is 130 cm³/mol. The van der Waals surface area contributed by atoms with Gasteiger partial charge in [0.1, 0.15) is 5.58 Å². The van der Waals surface area contributed by atoms with Gasteiger partial charge < -0.3 is 20.0 Å². The molecule has 162 valence electrons. The van der Waals surface area contributed by atoms with Crippen molar-refractivity contribution < 1.29 is 9.21 Å². The summed E-state index contributed by atoms with van der Waals surface area (Å²) in [5.41, 5.74) is 5.92. The van der Waals surface area contributed by atoms with Crippen LogP contribution in [0, 0.1) is 13.8 Å². The van der Waals surface area contributed by atoms with Crippen LogP contribution in [0.5, 0.6) is 0 Å². The Morgan fingerprint density at radius 2 is 1.66 bits per heavy atom. The molecule has 1 aromatic heterocycles. The molecule has 2 N–H and O–H groups in total. The van der Waals surface area contributed by atoms with Gasteiger partial charge in [-0.2, -0.15) is 0 Å². The summed E-state index contributed by atoms with van der Waals surface area (Å²) in [6, 6.07) is 20.3. The topological polar surface area (TPSA) is 74.6 Å². The first-order chi connectivity index (χ1) is 15.3. The lowest BCUT2D eigenvalue weighted by Crippen LogP contribution is -2.14. The molecule has 1 heterocycles. The molecule has 0 unspecified atom stereocenters. The molecule has 0 atom stereocenters. The quantitative estimate of drug-likeness (QED) is 0.413. The van der Waals surface area contributed by atoms with Crippen LogP contribution in [0.1, 0.15) is 21.5 Å². The maximum absolute atomic E-state index is 12.8. The highest BCUT2D eigenvalue weighted by molar-refractivity contribution is 6.05. The summed E-state index contributed by atoms with van der Waals surface area (Å²) in [5.74, 6) is -0.175. The third kappa shape index (κ3) is 4.49. The Labute approximate surface area is 186 Å². The number of carbonyl (C=O) groups excluding carboxylic acids is 1. The average molecular weight is 428 g/mol. The minimum atomic E-state index is -0.369. The SMILES string of the molecule is Cc1ccc(NC(=O)c2cccc(N(C)C)c2)cc1Nc1ccc2c(C)cc(=O)oc2c1. The van der Waals surface area contributed by atoms with Crippen molar-refractivity contribution in [1.82, 2.24) is 0 Å². The van der Waals surface area contributed by atoms with Crippen molar-refractivity contribution in [2.45, 2.75) is 13.8 Å². The minimum absolute atomic E-state index is 0.175. The van der Waals surface area contributed by atoms with Gasteiger partial charge >= 0.3 is 5.63 Å². The van der Waals surface area contributed by atoms with Crippen molar-refractivity contribution in [2.24, 2.45) is 0 Å². The number of rotatable bonds is 5. The zero-order chi connectivity index (χ0) is 22.8. The summed E-state index contributed by atoms with van der Waals surface area (Å²) >= 11 is 0. The Hall–Kier alpha value is -4.06. The van der Waals surface area contributed by atoms with Crippen LogP contribution in [0.4, 0.5) is 22.7 Å². The number of anilines is 4. The number of carbonyl (C=O) groups is 1. The van der Waals surface area contributed by atoms with Gasteiger partial charge in [0, 0.05) is 59.9 Å². The maximum atomic E-state index is 12.8. The van der Waals surface area contributed by atoms with E-state index in [1.807, 2.05) is 81.4 Å². The largest absolute Gasteiger partial charge is 0.423 e. The highest BCUT2D eigenvalue weighted by atomic mass is 16.4. The molecule has 0 spiro atoms. The Morgan fingerprint density at radius 1 is 0.875 bits per heavy atom. The number of amides is 1. The zero-order valence-electron chi connectivity index (χ0n) is 18.5. The average Bonchev–Trinajstić information content (AvgIpc) is 2.75. The minimum Gasteiger partial charge on any atom is -0.423 e. The van der Waals surface area contributed by atoms with Crippen LogP contribution in [0.3, 0.4) is 0 Å². The molecule has 1 amide bonds. The second-order valence-corrected chi connectivity index (χ2v) is 8.01. The standard InChI is InChI=1S/C26H25N3O3/c1-16-8-9-19(28-26(31)18-6-5-7-21(13-18)29(3)4)14-23(16)27-20-10-11-22-17(2)12-25(30)32-24(22)15-20/h5-15,27H,1-4H3,(H,28,31). The molecule has 0 aliphatic rings. The molecule has 0 aliphatic carbocycles.